The smallest absolute Gasteiger partial charge is 0.279 e. The first kappa shape index (κ1) is 13.3. The third-order valence-electron chi connectivity index (χ3n) is 3.57. The van der Waals surface area contributed by atoms with Gasteiger partial charge in [0, 0.05) is 25.7 Å². The molecule has 6 heteroatoms. The standard InChI is InChI=1S/C11H22N2O3S/c1-10-5-2-3-7-13(10)17(14,15)12-9-11-6-4-8-16-11/h10-12H,2-9H2,1H3. The molecule has 0 bridgehead atoms. The highest BCUT2D eigenvalue weighted by Gasteiger charge is 2.30. The fourth-order valence-corrected chi connectivity index (χ4v) is 4.03. The fourth-order valence-electron chi connectivity index (χ4n) is 2.52. The molecule has 0 aromatic carbocycles. The Morgan fingerprint density at radius 3 is 2.76 bits per heavy atom. The Bertz CT molecular complexity index is 339. The van der Waals surface area contributed by atoms with Crippen molar-refractivity contribution in [2.24, 2.45) is 0 Å². The lowest BCUT2D eigenvalue weighted by molar-refractivity contribution is 0.114. The molecular weight excluding hydrogens is 240 g/mol. The van der Waals surface area contributed by atoms with Gasteiger partial charge in [-0.25, -0.2) is 0 Å². The van der Waals surface area contributed by atoms with E-state index in [9.17, 15) is 8.42 Å². The molecule has 2 fully saturated rings. The molecule has 2 unspecified atom stereocenters. The van der Waals surface area contributed by atoms with E-state index in [0.717, 1.165) is 38.7 Å². The molecule has 1 N–H and O–H groups in total. The summed E-state index contributed by atoms with van der Waals surface area (Å²) in [5, 5.41) is 0. The Hall–Kier alpha value is -0.170. The fraction of sp³-hybridized carbons (Fsp3) is 1.00. The third-order valence-corrected chi connectivity index (χ3v) is 5.26. The topological polar surface area (TPSA) is 58.6 Å². The molecule has 2 heterocycles. The molecule has 17 heavy (non-hydrogen) atoms. The highest BCUT2D eigenvalue weighted by atomic mass is 32.2. The van der Waals surface area contributed by atoms with Gasteiger partial charge in [-0.05, 0) is 32.6 Å². The van der Waals surface area contributed by atoms with Gasteiger partial charge in [0.25, 0.3) is 10.2 Å². The van der Waals surface area contributed by atoms with E-state index in [4.69, 9.17) is 4.74 Å². The van der Waals surface area contributed by atoms with Crippen LogP contribution >= 0.6 is 0 Å². The Morgan fingerprint density at radius 1 is 1.29 bits per heavy atom. The molecule has 0 aromatic heterocycles. The van der Waals surface area contributed by atoms with Crippen molar-refractivity contribution >= 4 is 10.2 Å². The lowest BCUT2D eigenvalue weighted by Gasteiger charge is -2.32. The molecule has 0 aromatic rings. The summed E-state index contributed by atoms with van der Waals surface area (Å²) >= 11 is 0. The van der Waals surface area contributed by atoms with Crippen LogP contribution in [-0.2, 0) is 14.9 Å². The molecule has 100 valence electrons. The number of nitrogens with zero attached hydrogens (tertiary/aromatic N) is 1. The van der Waals surface area contributed by atoms with Gasteiger partial charge in [-0.3, -0.25) is 0 Å². The van der Waals surface area contributed by atoms with Crippen molar-refractivity contribution < 1.29 is 13.2 Å². The van der Waals surface area contributed by atoms with Crippen LogP contribution in [0.3, 0.4) is 0 Å². The van der Waals surface area contributed by atoms with Crippen LogP contribution in [0.4, 0.5) is 0 Å². The summed E-state index contributed by atoms with van der Waals surface area (Å²) in [5.41, 5.74) is 0. The Balaban J connectivity index is 1.88. The van der Waals surface area contributed by atoms with Crippen molar-refractivity contribution in [3.63, 3.8) is 0 Å². The zero-order valence-corrected chi connectivity index (χ0v) is 11.2. The largest absolute Gasteiger partial charge is 0.377 e. The van der Waals surface area contributed by atoms with Crippen LogP contribution in [0, 0.1) is 0 Å². The average Bonchev–Trinajstić information content (AvgIpc) is 2.80. The lowest BCUT2D eigenvalue weighted by Crippen LogP contribution is -2.49. The van der Waals surface area contributed by atoms with Crippen LogP contribution < -0.4 is 4.72 Å². The number of piperidine rings is 1. The molecule has 0 saturated carbocycles. The zero-order valence-electron chi connectivity index (χ0n) is 10.4. The van der Waals surface area contributed by atoms with Gasteiger partial charge in [-0.1, -0.05) is 6.42 Å². The van der Waals surface area contributed by atoms with E-state index < -0.39 is 10.2 Å². The predicted molar refractivity (Wildman–Crippen MR) is 65.9 cm³/mol. The average molecular weight is 262 g/mol. The van der Waals surface area contributed by atoms with Crippen LogP contribution in [0.2, 0.25) is 0 Å². The van der Waals surface area contributed by atoms with Gasteiger partial charge in [0.05, 0.1) is 6.10 Å². The molecule has 2 saturated heterocycles. The van der Waals surface area contributed by atoms with E-state index in [1.807, 2.05) is 6.92 Å². The quantitative estimate of drug-likeness (QED) is 0.818. The van der Waals surface area contributed by atoms with E-state index in [2.05, 4.69) is 4.72 Å². The minimum absolute atomic E-state index is 0.0601. The van der Waals surface area contributed by atoms with Gasteiger partial charge < -0.3 is 4.74 Å². The molecule has 2 atom stereocenters. The van der Waals surface area contributed by atoms with E-state index in [-0.39, 0.29) is 12.1 Å². The van der Waals surface area contributed by atoms with Gasteiger partial charge in [0.1, 0.15) is 0 Å². The maximum Gasteiger partial charge on any atom is 0.279 e. The molecule has 0 spiro atoms. The van der Waals surface area contributed by atoms with Crippen molar-refractivity contribution in [2.45, 2.75) is 51.2 Å². The van der Waals surface area contributed by atoms with Crippen molar-refractivity contribution in [2.75, 3.05) is 19.7 Å². The number of hydrogen-bond acceptors (Lipinski definition) is 3. The van der Waals surface area contributed by atoms with Crippen LogP contribution in [0.1, 0.15) is 39.0 Å². The van der Waals surface area contributed by atoms with Crippen LogP contribution in [0.5, 0.6) is 0 Å². The predicted octanol–water partition coefficient (Wildman–Crippen LogP) is 0.874. The minimum Gasteiger partial charge on any atom is -0.377 e. The third kappa shape index (κ3) is 3.40. The molecule has 2 aliphatic rings. The van der Waals surface area contributed by atoms with E-state index in [1.165, 1.54) is 0 Å². The lowest BCUT2D eigenvalue weighted by atomic mass is 10.1. The second kappa shape index (κ2) is 5.65. The minimum atomic E-state index is -3.32. The Kier molecular flexibility index (Phi) is 4.41. The molecule has 2 aliphatic heterocycles. The van der Waals surface area contributed by atoms with E-state index in [0.29, 0.717) is 13.1 Å². The molecule has 0 amide bonds. The molecule has 0 aliphatic carbocycles. The van der Waals surface area contributed by atoms with Crippen LogP contribution in [-0.4, -0.2) is 44.6 Å². The first-order chi connectivity index (χ1) is 8.09. The highest BCUT2D eigenvalue weighted by molar-refractivity contribution is 7.87. The zero-order chi connectivity index (χ0) is 12.3. The second-order valence-electron chi connectivity index (χ2n) is 4.94. The Labute approximate surface area is 104 Å². The number of ether oxygens (including phenoxy) is 1. The van der Waals surface area contributed by atoms with E-state index >= 15 is 0 Å². The summed E-state index contributed by atoms with van der Waals surface area (Å²) in [6.07, 6.45) is 5.10. The summed E-state index contributed by atoms with van der Waals surface area (Å²) < 4.78 is 33.9. The second-order valence-corrected chi connectivity index (χ2v) is 6.65. The summed E-state index contributed by atoms with van der Waals surface area (Å²) in [4.78, 5) is 0. The molecule has 2 rings (SSSR count). The van der Waals surface area contributed by atoms with Crippen molar-refractivity contribution in [3.05, 3.63) is 0 Å². The van der Waals surface area contributed by atoms with Gasteiger partial charge in [-0.2, -0.15) is 17.4 Å². The molecule has 0 radical (unpaired) electrons. The SMILES string of the molecule is CC1CCCCN1S(=O)(=O)NCC1CCCO1. The molecule has 5 nitrogen and oxygen atoms in total. The van der Waals surface area contributed by atoms with Gasteiger partial charge in [0.2, 0.25) is 0 Å². The summed E-state index contributed by atoms with van der Waals surface area (Å²) in [6, 6.07) is 0.116. The van der Waals surface area contributed by atoms with Gasteiger partial charge in [0.15, 0.2) is 0 Å². The van der Waals surface area contributed by atoms with Crippen molar-refractivity contribution in [1.82, 2.24) is 9.03 Å². The maximum absolute atomic E-state index is 12.1. The Morgan fingerprint density at radius 2 is 2.12 bits per heavy atom. The monoisotopic (exact) mass is 262 g/mol. The normalized spacial score (nSPS) is 31.8. The van der Waals surface area contributed by atoms with Crippen molar-refractivity contribution in [1.29, 1.82) is 0 Å². The van der Waals surface area contributed by atoms with Gasteiger partial charge in [-0.15, -0.1) is 0 Å². The van der Waals surface area contributed by atoms with Gasteiger partial charge >= 0.3 is 0 Å². The summed E-state index contributed by atoms with van der Waals surface area (Å²) in [6.45, 7) is 3.78. The van der Waals surface area contributed by atoms with Crippen LogP contribution in [0.15, 0.2) is 0 Å². The summed E-state index contributed by atoms with van der Waals surface area (Å²) in [7, 11) is -3.32. The first-order valence-electron chi connectivity index (χ1n) is 6.47. The molecular formula is C11H22N2O3S. The maximum atomic E-state index is 12.1. The van der Waals surface area contributed by atoms with E-state index in [1.54, 1.807) is 4.31 Å². The number of nitrogens with one attached hydrogen (secondary N) is 1. The highest BCUT2D eigenvalue weighted by Crippen LogP contribution is 2.19. The first-order valence-corrected chi connectivity index (χ1v) is 7.91. The summed E-state index contributed by atoms with van der Waals surface area (Å²) in [5.74, 6) is 0. The van der Waals surface area contributed by atoms with Crippen molar-refractivity contribution in [3.8, 4) is 0 Å². The number of rotatable bonds is 4. The van der Waals surface area contributed by atoms with Crippen LogP contribution in [0.25, 0.3) is 0 Å². The number of hydrogen-bond donors (Lipinski definition) is 1.